The Kier molecular flexibility index (Phi) is 7.17. The van der Waals surface area contributed by atoms with Gasteiger partial charge in [-0.15, -0.1) is 0 Å². The molecule has 3 aliphatic rings. The molecule has 6 nitrogen and oxygen atoms in total. The first kappa shape index (κ1) is 27.9. The van der Waals surface area contributed by atoms with E-state index in [-0.39, 0.29) is 0 Å². The topological polar surface area (TPSA) is 66.7 Å². The van der Waals surface area contributed by atoms with Crippen molar-refractivity contribution in [2.75, 3.05) is 0 Å². The second-order valence-electron chi connectivity index (χ2n) is 11.2. The lowest BCUT2D eigenvalue weighted by Gasteiger charge is -2.40. The molecule has 0 aliphatic carbocycles. The molecule has 0 saturated heterocycles. The van der Waals surface area contributed by atoms with Crippen molar-refractivity contribution in [3.05, 3.63) is 136 Å². The summed E-state index contributed by atoms with van der Waals surface area (Å²) in [6.45, 7) is 6.09. The van der Waals surface area contributed by atoms with Crippen LogP contribution < -0.4 is 14.3 Å². The number of allylic oxidation sites excluding steroid dienone is 3. The SMILES string of the molecule is CCC1=C(CC)/C(=C2\C=C(c3[nH]c(-c4ccccc4)c(CC)c3CC)O[B-]3(O2)Oc2ccccc2O3)[NH+]=C1c1ccccc1. The van der Waals surface area contributed by atoms with Gasteiger partial charge < -0.3 is 23.6 Å². The van der Waals surface area contributed by atoms with Gasteiger partial charge in [0.1, 0.15) is 17.3 Å². The maximum Gasteiger partial charge on any atom is 0.777 e. The van der Waals surface area contributed by atoms with Gasteiger partial charge in [0.05, 0.1) is 5.69 Å². The number of nitrogens with one attached hydrogen (secondary N) is 2. The van der Waals surface area contributed by atoms with E-state index in [1.54, 1.807) is 0 Å². The highest BCUT2D eigenvalue weighted by atomic mass is 16.9. The first-order chi connectivity index (χ1) is 21.6. The van der Waals surface area contributed by atoms with Crippen LogP contribution in [0.5, 0.6) is 11.5 Å². The molecule has 0 radical (unpaired) electrons. The Bertz CT molecular complexity index is 1830. The third-order valence-electron chi connectivity index (χ3n) is 8.66. The largest absolute Gasteiger partial charge is 0.777 e. The van der Waals surface area contributed by atoms with Crippen LogP contribution in [-0.4, -0.2) is 17.7 Å². The number of H-pyrrole nitrogens is 1. The lowest BCUT2D eigenvalue weighted by molar-refractivity contribution is -0.390. The summed E-state index contributed by atoms with van der Waals surface area (Å²) < 4.78 is 26.1. The third kappa shape index (κ3) is 4.64. The molecule has 44 heavy (non-hydrogen) atoms. The number of benzene rings is 3. The van der Waals surface area contributed by atoms with Gasteiger partial charge in [0, 0.05) is 28.5 Å². The molecule has 3 aromatic carbocycles. The zero-order valence-corrected chi connectivity index (χ0v) is 25.7. The first-order valence-corrected chi connectivity index (χ1v) is 15.7. The molecule has 2 N–H and O–H groups in total. The van der Waals surface area contributed by atoms with Gasteiger partial charge in [-0.1, -0.05) is 88.4 Å². The van der Waals surface area contributed by atoms with Gasteiger partial charge in [0.25, 0.3) is 0 Å². The molecular formula is C37H37BN2O4. The van der Waals surface area contributed by atoms with E-state index in [1.807, 2.05) is 42.5 Å². The molecule has 4 aromatic rings. The van der Waals surface area contributed by atoms with Crippen molar-refractivity contribution >= 4 is 18.4 Å². The summed E-state index contributed by atoms with van der Waals surface area (Å²) in [6, 6.07) is 28.5. The fourth-order valence-electron chi connectivity index (χ4n) is 6.70. The van der Waals surface area contributed by atoms with Gasteiger partial charge in [-0.2, -0.15) is 0 Å². The average Bonchev–Trinajstić information content (AvgIpc) is 3.75. The first-order valence-electron chi connectivity index (χ1n) is 15.7. The van der Waals surface area contributed by atoms with Gasteiger partial charge >= 0.3 is 6.96 Å². The number of hydrogen-bond acceptors (Lipinski definition) is 4. The number of fused-ring (bicyclic) bond motifs is 1. The zero-order chi connectivity index (χ0) is 30.3. The van der Waals surface area contributed by atoms with Gasteiger partial charge in [-0.05, 0) is 66.6 Å². The van der Waals surface area contributed by atoms with Crippen LogP contribution in [-0.2, 0) is 22.2 Å². The van der Waals surface area contributed by atoms with Gasteiger partial charge in [-0.3, -0.25) is 0 Å². The summed E-state index contributed by atoms with van der Waals surface area (Å²) in [7, 11) is 0. The Morgan fingerprint density at radius 2 is 1.16 bits per heavy atom. The summed E-state index contributed by atoms with van der Waals surface area (Å²) in [5.41, 5.74) is 11.3. The van der Waals surface area contributed by atoms with Crippen LogP contribution in [0, 0.1) is 0 Å². The number of hydrogen-bond donors (Lipinski definition) is 2. The number of aromatic amines is 1. The molecule has 0 fully saturated rings. The van der Waals surface area contributed by atoms with Gasteiger partial charge in [0.15, 0.2) is 5.76 Å². The molecule has 0 atom stereocenters. The Labute approximate surface area is 258 Å². The molecule has 222 valence electrons. The lowest BCUT2D eigenvalue weighted by atomic mass is 9.94. The molecule has 0 amide bonds. The molecular weight excluding hydrogens is 547 g/mol. The van der Waals surface area contributed by atoms with Crippen molar-refractivity contribution in [1.82, 2.24) is 4.98 Å². The van der Waals surface area contributed by atoms with Crippen LogP contribution in [0.1, 0.15) is 62.9 Å². The van der Waals surface area contributed by atoms with E-state index in [0.717, 1.165) is 59.6 Å². The maximum absolute atomic E-state index is 6.66. The highest BCUT2D eigenvalue weighted by Gasteiger charge is 2.52. The maximum atomic E-state index is 6.66. The normalized spacial score (nSPS) is 18.3. The summed E-state index contributed by atoms with van der Waals surface area (Å²) in [5, 5.41) is 0. The van der Waals surface area contributed by atoms with E-state index < -0.39 is 6.96 Å². The smallest absolute Gasteiger partial charge is 0.610 e. The van der Waals surface area contributed by atoms with E-state index in [4.69, 9.17) is 18.6 Å². The molecule has 1 spiro atoms. The molecule has 1 aromatic heterocycles. The summed E-state index contributed by atoms with van der Waals surface area (Å²) in [6.07, 6.45) is 5.43. The molecule has 0 unspecified atom stereocenters. The van der Waals surface area contributed by atoms with E-state index >= 15 is 0 Å². The van der Waals surface area contributed by atoms with Crippen LogP contribution in [0.3, 0.4) is 0 Å². The monoisotopic (exact) mass is 584 g/mol. The Morgan fingerprint density at radius 3 is 1.75 bits per heavy atom. The summed E-state index contributed by atoms with van der Waals surface area (Å²) in [4.78, 5) is 7.49. The zero-order valence-electron chi connectivity index (χ0n) is 25.7. The fourth-order valence-corrected chi connectivity index (χ4v) is 6.70. The minimum atomic E-state index is -2.67. The van der Waals surface area contributed by atoms with Crippen LogP contribution in [0.15, 0.2) is 114 Å². The van der Waals surface area contributed by atoms with Crippen molar-refractivity contribution in [3.63, 3.8) is 0 Å². The second kappa shape index (κ2) is 11.3. The van der Waals surface area contributed by atoms with E-state index in [2.05, 4.69) is 86.2 Å². The second-order valence-corrected chi connectivity index (χ2v) is 11.2. The predicted molar refractivity (Wildman–Crippen MR) is 175 cm³/mol. The quantitative estimate of drug-likeness (QED) is 0.229. The van der Waals surface area contributed by atoms with Crippen molar-refractivity contribution in [2.45, 2.75) is 53.4 Å². The average molecular weight is 585 g/mol. The van der Waals surface area contributed by atoms with Crippen molar-refractivity contribution < 1.29 is 23.6 Å². The molecule has 0 saturated carbocycles. The van der Waals surface area contributed by atoms with E-state index in [0.29, 0.717) is 23.0 Å². The lowest BCUT2D eigenvalue weighted by Crippen LogP contribution is -2.70. The van der Waals surface area contributed by atoms with E-state index in [1.165, 1.54) is 22.3 Å². The molecule has 0 bridgehead atoms. The Hall–Kier alpha value is -4.91. The minimum absolute atomic E-state index is 0.593. The Morgan fingerprint density at radius 1 is 0.591 bits per heavy atom. The van der Waals surface area contributed by atoms with Crippen LogP contribution in [0.2, 0.25) is 0 Å². The third-order valence-corrected chi connectivity index (χ3v) is 8.66. The number of para-hydroxylation sites is 2. The Balaban J connectivity index is 1.44. The highest BCUT2D eigenvalue weighted by molar-refractivity contribution is 6.58. The van der Waals surface area contributed by atoms with Crippen LogP contribution in [0.25, 0.3) is 17.0 Å². The van der Waals surface area contributed by atoms with Crippen molar-refractivity contribution in [1.29, 1.82) is 0 Å². The summed E-state index contributed by atoms with van der Waals surface area (Å²) in [5.74, 6) is 2.44. The molecule has 4 heterocycles. The number of rotatable bonds is 7. The standard InChI is InChI=1S/C37H36BN2O4/c1-5-26-28(7-3)36(39-34(26)24-17-11-9-12-18-24)32-23-33(44-38(43-32)41-30-21-15-16-22-31(30)42-38)37-29(8-4)27(6-2)35(40-37)25-19-13-10-14-20-25/h9-23,39H,5-8H2,1-4H3/q-1/p+1/b37-33-. The molecule has 7 rings (SSSR count). The number of aromatic nitrogens is 1. The fraction of sp³-hybridized carbons (Fsp3) is 0.216. The minimum Gasteiger partial charge on any atom is -0.610 e. The van der Waals surface area contributed by atoms with Crippen LogP contribution in [0.4, 0.5) is 0 Å². The summed E-state index contributed by atoms with van der Waals surface area (Å²) >= 11 is 0. The van der Waals surface area contributed by atoms with Crippen LogP contribution >= 0.6 is 0 Å². The highest BCUT2D eigenvalue weighted by Crippen LogP contribution is 2.45. The van der Waals surface area contributed by atoms with Gasteiger partial charge in [0.2, 0.25) is 11.4 Å². The van der Waals surface area contributed by atoms with E-state index in [9.17, 15) is 0 Å². The van der Waals surface area contributed by atoms with Gasteiger partial charge in [-0.25, -0.2) is 4.99 Å². The van der Waals surface area contributed by atoms with Crippen molar-refractivity contribution in [3.8, 4) is 22.8 Å². The van der Waals surface area contributed by atoms with Crippen molar-refractivity contribution in [2.24, 2.45) is 0 Å². The predicted octanol–water partition coefficient (Wildman–Crippen LogP) is 7.01. The molecule has 3 aliphatic heterocycles. The molecule has 7 heteroatoms.